The number of carbonyl (C=O) groups excluding carboxylic acids is 2. The van der Waals surface area contributed by atoms with E-state index >= 15 is 0 Å². The highest BCUT2D eigenvalue weighted by Crippen LogP contribution is 2.30. The lowest BCUT2D eigenvalue weighted by Gasteiger charge is -2.42. The van der Waals surface area contributed by atoms with Crippen molar-refractivity contribution in [2.75, 3.05) is 20.2 Å². The highest BCUT2D eigenvalue weighted by Gasteiger charge is 2.37. The summed E-state index contributed by atoms with van der Waals surface area (Å²) in [6.07, 6.45) is -4.10. The molecule has 1 heterocycles. The molecule has 1 saturated heterocycles. The molecule has 0 bridgehead atoms. The normalized spacial score (nSPS) is 17.1. The standard InChI is InChI=1S/C29H29F3N2O3/c1-37-27(23-12-6-3-7-13-23)28(36)33-19-25(16-15-21-9-4-2-5-10-21)34(26(35)20-33)18-22-11-8-14-24(17-22)29(30,31)32/h2-14,17,25,27H,15-16,18-20H2,1H3/t25-,27+/m0/s1. The van der Waals surface area contributed by atoms with Gasteiger partial charge in [-0.3, -0.25) is 9.59 Å². The molecule has 5 nitrogen and oxygen atoms in total. The first-order valence-corrected chi connectivity index (χ1v) is 12.1. The van der Waals surface area contributed by atoms with Gasteiger partial charge >= 0.3 is 6.18 Å². The SMILES string of the molecule is CO[C@@H](C(=O)N1CC(=O)N(Cc2cccc(C(F)(F)F)c2)[C@@H](CCc2ccccc2)C1)c1ccccc1. The maximum Gasteiger partial charge on any atom is 0.416 e. The molecule has 3 aromatic carbocycles. The van der Waals surface area contributed by atoms with E-state index < -0.39 is 17.8 Å². The van der Waals surface area contributed by atoms with Gasteiger partial charge in [-0.15, -0.1) is 0 Å². The summed E-state index contributed by atoms with van der Waals surface area (Å²) in [7, 11) is 1.45. The zero-order valence-corrected chi connectivity index (χ0v) is 20.5. The van der Waals surface area contributed by atoms with E-state index in [0.29, 0.717) is 24.0 Å². The highest BCUT2D eigenvalue weighted by molar-refractivity contribution is 5.89. The summed E-state index contributed by atoms with van der Waals surface area (Å²) in [4.78, 5) is 29.9. The molecule has 3 aromatic rings. The first-order chi connectivity index (χ1) is 17.8. The lowest BCUT2D eigenvalue weighted by atomic mass is 9.99. The Morgan fingerprint density at radius 1 is 0.973 bits per heavy atom. The summed E-state index contributed by atoms with van der Waals surface area (Å²) in [5, 5.41) is 0. The number of benzene rings is 3. The number of halogens is 3. The van der Waals surface area contributed by atoms with Gasteiger partial charge in [-0.25, -0.2) is 0 Å². The lowest BCUT2D eigenvalue weighted by Crippen LogP contribution is -2.58. The molecule has 0 saturated carbocycles. The Balaban J connectivity index is 1.57. The molecule has 1 aliphatic rings. The van der Waals surface area contributed by atoms with E-state index in [1.54, 1.807) is 23.1 Å². The van der Waals surface area contributed by atoms with Crippen LogP contribution >= 0.6 is 0 Å². The summed E-state index contributed by atoms with van der Waals surface area (Å²) in [6, 6.07) is 23.5. The van der Waals surface area contributed by atoms with Crippen LogP contribution in [0.4, 0.5) is 13.2 Å². The van der Waals surface area contributed by atoms with Crippen LogP contribution in [0.2, 0.25) is 0 Å². The molecule has 1 fully saturated rings. The molecule has 4 rings (SSSR count). The highest BCUT2D eigenvalue weighted by atomic mass is 19.4. The molecule has 2 amide bonds. The van der Waals surface area contributed by atoms with E-state index in [2.05, 4.69) is 0 Å². The van der Waals surface area contributed by atoms with E-state index in [1.807, 2.05) is 48.5 Å². The van der Waals surface area contributed by atoms with Gasteiger partial charge < -0.3 is 14.5 Å². The summed E-state index contributed by atoms with van der Waals surface area (Å²) >= 11 is 0. The third kappa shape index (κ3) is 6.57. The largest absolute Gasteiger partial charge is 0.416 e. The van der Waals surface area contributed by atoms with Crippen molar-refractivity contribution in [3.05, 3.63) is 107 Å². The Labute approximate surface area is 214 Å². The predicted molar refractivity (Wildman–Crippen MR) is 133 cm³/mol. The fraction of sp³-hybridized carbons (Fsp3) is 0.310. The molecule has 0 radical (unpaired) electrons. The van der Waals surface area contributed by atoms with Crippen LogP contribution in [0.15, 0.2) is 84.9 Å². The number of carbonyl (C=O) groups is 2. The van der Waals surface area contributed by atoms with Gasteiger partial charge in [-0.1, -0.05) is 72.8 Å². The van der Waals surface area contributed by atoms with Crippen LogP contribution in [0.5, 0.6) is 0 Å². The molecule has 0 unspecified atom stereocenters. The Hall–Kier alpha value is -3.65. The minimum atomic E-state index is -4.47. The van der Waals surface area contributed by atoms with E-state index in [1.165, 1.54) is 18.1 Å². The molecule has 37 heavy (non-hydrogen) atoms. The van der Waals surface area contributed by atoms with E-state index in [9.17, 15) is 22.8 Å². The summed E-state index contributed by atoms with van der Waals surface area (Å²) in [5.41, 5.74) is 1.41. The Morgan fingerprint density at radius 3 is 2.27 bits per heavy atom. The number of alkyl halides is 3. The second kappa shape index (κ2) is 11.6. The van der Waals surface area contributed by atoms with Crippen LogP contribution < -0.4 is 0 Å². The van der Waals surface area contributed by atoms with Gasteiger partial charge in [-0.05, 0) is 41.7 Å². The van der Waals surface area contributed by atoms with Crippen molar-refractivity contribution >= 4 is 11.8 Å². The Bertz CT molecular complexity index is 1200. The van der Waals surface area contributed by atoms with E-state index in [0.717, 1.165) is 17.7 Å². The molecule has 0 N–H and O–H groups in total. The van der Waals surface area contributed by atoms with Gasteiger partial charge in [0.2, 0.25) is 5.91 Å². The number of hydrogen-bond donors (Lipinski definition) is 0. The molecular formula is C29H29F3N2O3. The number of piperazine rings is 1. The number of nitrogens with zero attached hydrogens (tertiary/aromatic N) is 2. The minimum Gasteiger partial charge on any atom is -0.367 e. The van der Waals surface area contributed by atoms with E-state index in [-0.39, 0.29) is 37.5 Å². The number of hydrogen-bond acceptors (Lipinski definition) is 3. The fourth-order valence-corrected chi connectivity index (χ4v) is 4.70. The quantitative estimate of drug-likeness (QED) is 0.415. The molecule has 0 aromatic heterocycles. The van der Waals surface area contributed by atoms with Crippen molar-refractivity contribution in [1.29, 1.82) is 0 Å². The van der Waals surface area contributed by atoms with Gasteiger partial charge in [0.25, 0.3) is 5.91 Å². The average Bonchev–Trinajstić information content (AvgIpc) is 2.90. The van der Waals surface area contributed by atoms with Gasteiger partial charge in [0.15, 0.2) is 6.10 Å². The van der Waals surface area contributed by atoms with Crippen molar-refractivity contribution in [3.8, 4) is 0 Å². The van der Waals surface area contributed by atoms with Crippen LogP contribution in [0.1, 0.15) is 34.8 Å². The third-order valence-electron chi connectivity index (χ3n) is 6.61. The van der Waals surface area contributed by atoms with Crippen molar-refractivity contribution in [2.24, 2.45) is 0 Å². The summed E-state index contributed by atoms with van der Waals surface area (Å²) in [5.74, 6) is -0.622. The van der Waals surface area contributed by atoms with Gasteiger partial charge in [-0.2, -0.15) is 13.2 Å². The number of aryl methyl sites for hydroxylation is 1. The van der Waals surface area contributed by atoms with Crippen LogP contribution in [0, 0.1) is 0 Å². The number of methoxy groups -OCH3 is 1. The molecule has 1 aliphatic heterocycles. The number of rotatable bonds is 8. The second-order valence-corrected chi connectivity index (χ2v) is 9.14. The van der Waals surface area contributed by atoms with Gasteiger partial charge in [0.05, 0.1) is 18.2 Å². The van der Waals surface area contributed by atoms with Crippen LogP contribution in [0.3, 0.4) is 0 Å². The maximum absolute atomic E-state index is 13.4. The Morgan fingerprint density at radius 2 is 1.62 bits per heavy atom. The van der Waals surface area contributed by atoms with Gasteiger partial charge in [0.1, 0.15) is 0 Å². The summed E-state index contributed by atoms with van der Waals surface area (Å²) < 4.78 is 45.3. The first kappa shape index (κ1) is 26.4. The smallest absolute Gasteiger partial charge is 0.367 e. The van der Waals surface area contributed by atoms with E-state index in [4.69, 9.17) is 4.74 Å². The molecular weight excluding hydrogens is 481 g/mol. The molecule has 8 heteroatoms. The van der Waals surface area contributed by atoms with Gasteiger partial charge in [0, 0.05) is 20.2 Å². The fourth-order valence-electron chi connectivity index (χ4n) is 4.70. The minimum absolute atomic E-state index is 0.0383. The van der Waals surface area contributed by atoms with Crippen LogP contribution in [0.25, 0.3) is 0 Å². The molecule has 194 valence electrons. The summed E-state index contributed by atoms with van der Waals surface area (Å²) in [6.45, 7) is 0.145. The lowest BCUT2D eigenvalue weighted by molar-refractivity contribution is -0.155. The second-order valence-electron chi connectivity index (χ2n) is 9.14. The number of ether oxygens (including phenoxy) is 1. The predicted octanol–water partition coefficient (Wildman–Crippen LogP) is 5.27. The zero-order valence-electron chi connectivity index (χ0n) is 20.5. The topological polar surface area (TPSA) is 49.9 Å². The van der Waals surface area contributed by atoms with Crippen molar-refractivity contribution in [2.45, 2.75) is 37.7 Å². The first-order valence-electron chi connectivity index (χ1n) is 12.1. The van der Waals surface area contributed by atoms with Crippen molar-refractivity contribution in [1.82, 2.24) is 9.80 Å². The third-order valence-corrected chi connectivity index (χ3v) is 6.61. The van der Waals surface area contributed by atoms with Crippen LogP contribution in [-0.2, 0) is 33.5 Å². The van der Waals surface area contributed by atoms with Crippen molar-refractivity contribution < 1.29 is 27.5 Å². The molecule has 0 aliphatic carbocycles. The average molecular weight is 511 g/mol. The molecule has 2 atom stereocenters. The van der Waals surface area contributed by atoms with Crippen LogP contribution in [-0.4, -0.2) is 47.9 Å². The Kier molecular flexibility index (Phi) is 8.28. The zero-order chi connectivity index (χ0) is 26.4. The molecule has 0 spiro atoms. The van der Waals surface area contributed by atoms with Crippen molar-refractivity contribution in [3.63, 3.8) is 0 Å². The maximum atomic E-state index is 13.4. The monoisotopic (exact) mass is 510 g/mol. The number of amides is 2.